The number of piperidine rings is 2. The number of nitriles is 1. The molecule has 7 aliphatic rings. The molecule has 4 amide bonds. The summed E-state index contributed by atoms with van der Waals surface area (Å²) in [5.74, 6) is 0.676. The van der Waals surface area contributed by atoms with Crippen LogP contribution < -0.4 is 19.9 Å². The second-order valence-electron chi connectivity index (χ2n) is 21.6. The van der Waals surface area contributed by atoms with Crippen LogP contribution in [0.1, 0.15) is 79.3 Å². The zero-order valence-corrected chi connectivity index (χ0v) is 41.6. The number of aromatic hydroxyl groups is 1. The first kappa shape index (κ1) is 48.5. The number of ether oxygens (including phenoxy) is 1. The Labute approximate surface area is 432 Å². The maximum Gasteiger partial charge on any atom is 0.319 e. The fourth-order valence-corrected chi connectivity index (χ4v) is 12.8. The van der Waals surface area contributed by atoms with E-state index in [9.17, 15) is 29.5 Å². The van der Waals surface area contributed by atoms with Crippen LogP contribution in [0.2, 0.25) is 0 Å². The summed E-state index contributed by atoms with van der Waals surface area (Å²) in [4.78, 5) is 77.6. The molecule has 5 saturated heterocycles. The highest BCUT2D eigenvalue weighted by Gasteiger charge is 2.47. The first-order valence-electron chi connectivity index (χ1n) is 26.2. The van der Waals surface area contributed by atoms with Crippen LogP contribution in [-0.2, 0) is 20.9 Å². The minimum Gasteiger partial charge on any atom is -0.508 e. The number of carbonyl (C=O) groups is 4. The van der Waals surface area contributed by atoms with Crippen molar-refractivity contribution in [3.05, 3.63) is 77.0 Å². The topological polar surface area (TPSA) is 192 Å². The molecule has 75 heavy (non-hydrogen) atoms. The van der Waals surface area contributed by atoms with Gasteiger partial charge in [0.1, 0.15) is 41.1 Å². The average Bonchev–Trinajstić information content (AvgIpc) is 4.02. The minimum atomic E-state index is -0.810. The molecule has 2 aromatic heterocycles. The third-order valence-electron chi connectivity index (χ3n) is 16.9. The monoisotopic (exact) mass is 1020 g/mol. The quantitative estimate of drug-likeness (QED) is 0.120. The van der Waals surface area contributed by atoms with Gasteiger partial charge in [0.2, 0.25) is 17.7 Å². The number of imide groups is 1. The third kappa shape index (κ3) is 9.09. The highest BCUT2D eigenvalue weighted by Crippen LogP contribution is 2.47. The van der Waals surface area contributed by atoms with Gasteiger partial charge in [0.05, 0.1) is 23.6 Å². The summed E-state index contributed by atoms with van der Waals surface area (Å²) in [7, 11) is 0. The zero-order chi connectivity index (χ0) is 51.7. The molecule has 6 aliphatic heterocycles. The third-order valence-corrected chi connectivity index (χ3v) is 16.9. The number of nitrogens with one attached hydrogen (secondary N) is 1. The van der Waals surface area contributed by atoms with Crippen molar-refractivity contribution in [3.8, 4) is 41.4 Å². The number of aromatic nitrogens is 3. The Morgan fingerprint density at radius 2 is 1.67 bits per heavy atom. The molecule has 0 radical (unpaired) electrons. The van der Waals surface area contributed by atoms with Crippen LogP contribution in [0.5, 0.6) is 11.8 Å². The number of phenols is 1. The summed E-state index contributed by atoms with van der Waals surface area (Å²) < 4.78 is 38.9. The van der Waals surface area contributed by atoms with Crippen molar-refractivity contribution in [2.45, 2.75) is 82.5 Å². The van der Waals surface area contributed by atoms with Crippen LogP contribution in [0.4, 0.5) is 20.3 Å². The molecule has 2 N–H and O–H groups in total. The molecule has 386 valence electrons. The molecule has 17 nitrogen and oxygen atoms in total. The van der Waals surface area contributed by atoms with Gasteiger partial charge < -0.3 is 39.2 Å². The van der Waals surface area contributed by atoms with Gasteiger partial charge in [0, 0.05) is 124 Å². The van der Waals surface area contributed by atoms with Crippen molar-refractivity contribution in [1.82, 2.24) is 39.9 Å². The zero-order valence-electron chi connectivity index (χ0n) is 41.6. The molecule has 5 aromatic rings. The summed E-state index contributed by atoms with van der Waals surface area (Å²) >= 11 is 0. The largest absolute Gasteiger partial charge is 0.508 e. The predicted octanol–water partition coefficient (Wildman–Crippen LogP) is 5.36. The predicted molar refractivity (Wildman–Crippen MR) is 273 cm³/mol. The Morgan fingerprint density at radius 3 is 2.39 bits per heavy atom. The van der Waals surface area contributed by atoms with E-state index in [0.717, 1.165) is 102 Å². The number of amides is 4. The molecule has 1 aliphatic carbocycles. The van der Waals surface area contributed by atoms with Crippen molar-refractivity contribution in [2.24, 2.45) is 11.3 Å². The van der Waals surface area contributed by atoms with Gasteiger partial charge in [-0.25, -0.2) is 8.78 Å². The van der Waals surface area contributed by atoms with E-state index in [1.165, 1.54) is 30.5 Å². The Balaban J connectivity index is 0.701. The van der Waals surface area contributed by atoms with Gasteiger partial charge in [0.25, 0.3) is 5.91 Å². The molecular weight excluding hydrogens is 961 g/mol. The van der Waals surface area contributed by atoms with Crippen molar-refractivity contribution in [1.29, 1.82) is 5.26 Å². The first-order chi connectivity index (χ1) is 36.3. The summed E-state index contributed by atoms with van der Waals surface area (Å²) in [5, 5.41) is 23.4. The number of carbonyl (C=O) groups excluding carboxylic acids is 4. The van der Waals surface area contributed by atoms with Crippen LogP contribution in [0.3, 0.4) is 0 Å². The lowest BCUT2D eigenvalue weighted by Gasteiger charge is -2.41. The van der Waals surface area contributed by atoms with E-state index < -0.39 is 23.6 Å². The Hall–Kier alpha value is -7.48. The lowest BCUT2D eigenvalue weighted by molar-refractivity contribution is -0.137. The maximum atomic E-state index is 17.3. The number of nitrogens with zero attached hydrogens (tertiary/aromatic N) is 10. The number of benzene rings is 3. The fourth-order valence-electron chi connectivity index (χ4n) is 12.8. The minimum absolute atomic E-state index is 0.00449. The Bertz CT molecular complexity index is 3250. The van der Waals surface area contributed by atoms with E-state index >= 15 is 8.78 Å². The fraction of sp³-hybridized carbons (Fsp3) is 0.464. The molecule has 2 bridgehead atoms. The molecule has 0 spiro atoms. The van der Waals surface area contributed by atoms with Crippen LogP contribution in [0, 0.1) is 46.6 Å². The summed E-state index contributed by atoms with van der Waals surface area (Å²) in [5.41, 5.74) is 2.32. The van der Waals surface area contributed by atoms with E-state index in [-0.39, 0.29) is 87.5 Å². The van der Waals surface area contributed by atoms with Gasteiger partial charge in [0.15, 0.2) is 5.82 Å². The van der Waals surface area contributed by atoms with Crippen molar-refractivity contribution in [3.63, 3.8) is 0 Å². The molecule has 3 unspecified atom stereocenters. The average molecular weight is 1020 g/mol. The molecule has 1 saturated carbocycles. The van der Waals surface area contributed by atoms with Gasteiger partial charge in [-0.2, -0.15) is 15.2 Å². The maximum absolute atomic E-state index is 17.3. The molecule has 3 atom stereocenters. The second kappa shape index (κ2) is 19.3. The summed E-state index contributed by atoms with van der Waals surface area (Å²) in [6.45, 7) is 9.06. The molecule has 6 fully saturated rings. The van der Waals surface area contributed by atoms with Crippen LogP contribution in [0.15, 0.2) is 48.7 Å². The van der Waals surface area contributed by atoms with Crippen LogP contribution in [0.25, 0.3) is 32.9 Å². The van der Waals surface area contributed by atoms with Gasteiger partial charge in [-0.15, -0.1) is 6.42 Å². The Morgan fingerprint density at radius 1 is 0.907 bits per heavy atom. The van der Waals surface area contributed by atoms with E-state index in [4.69, 9.17) is 21.1 Å². The Kier molecular flexibility index (Phi) is 12.5. The molecule has 8 heterocycles. The van der Waals surface area contributed by atoms with Crippen molar-refractivity contribution < 1.29 is 37.8 Å². The van der Waals surface area contributed by atoms with E-state index in [0.29, 0.717) is 60.7 Å². The number of pyridine rings is 1. The van der Waals surface area contributed by atoms with Gasteiger partial charge >= 0.3 is 6.01 Å². The lowest BCUT2D eigenvalue weighted by Crippen LogP contribution is -2.56. The number of fused-ring (bicyclic) bond motifs is 5. The molecule has 3 aromatic carbocycles. The number of anilines is 2. The van der Waals surface area contributed by atoms with Crippen LogP contribution >= 0.6 is 0 Å². The number of terminal acetylenes is 1. The number of hydrogen-bond acceptors (Lipinski definition) is 14. The summed E-state index contributed by atoms with van der Waals surface area (Å²) in [6, 6.07) is 12.5. The van der Waals surface area contributed by atoms with Crippen LogP contribution in [-0.4, -0.2) is 153 Å². The molecule has 12 rings (SSSR count). The van der Waals surface area contributed by atoms with Crippen molar-refractivity contribution in [2.75, 3.05) is 81.9 Å². The lowest BCUT2D eigenvalue weighted by atomic mass is 9.95. The highest BCUT2D eigenvalue weighted by molar-refractivity contribution is 6.06. The van der Waals surface area contributed by atoms with Gasteiger partial charge in [-0.1, -0.05) is 12.0 Å². The summed E-state index contributed by atoms with van der Waals surface area (Å²) in [6.07, 6.45) is 13.2. The number of piperazine rings is 2. The SMILES string of the molecule is C#Cc1c(F)ccc2cc(O)cc(-c3ncc4c(N5CC6CCC(C5)N6C(=O)CC#N)nc(OCC5(CN6CCN(CC7CCN(c8ccc9c(c8)CN(C8CCC(=O)NC8=O)C9=O)CC7)CC6)CC5)nc4c3F)c12. The standard InChI is InChI=1S/C56H57F2N11O6/c1-2-40-44(57)8-3-34-24-39(70)25-42(48(34)40)50-49(58)51-43(26-60-50)52(67-29-37-4-5-38(30-67)69(37)47(72)11-16-59)63-55(62-51)75-32-56(14-15-56)31-65-21-19-64(20-22-65)27-33-12-17-66(18-13-33)36-6-7-41-35(23-36)28-68(54(41)74)45-9-10-46(71)61-53(45)73/h1,3,6-8,23-26,33,37-38,45,70H,4-5,9-15,17-22,27-32H2,(H,61,71,73). The van der Waals surface area contributed by atoms with E-state index in [1.54, 1.807) is 4.90 Å². The smallest absolute Gasteiger partial charge is 0.319 e. The number of halogens is 2. The van der Waals surface area contributed by atoms with Gasteiger partial charge in [-0.05, 0) is 98.2 Å². The normalized spacial score (nSPS) is 22.9. The molecule has 19 heteroatoms. The second-order valence-corrected chi connectivity index (χ2v) is 21.6. The highest BCUT2D eigenvalue weighted by atomic mass is 19.1. The number of hydrogen-bond donors (Lipinski definition) is 2. The van der Waals surface area contributed by atoms with Gasteiger partial charge in [-0.3, -0.25) is 29.5 Å². The number of rotatable bonds is 12. The van der Waals surface area contributed by atoms with E-state index in [2.05, 4.69) is 37.0 Å². The molecular formula is C56H57F2N11O6. The van der Waals surface area contributed by atoms with Crippen molar-refractivity contribution >= 4 is 56.8 Å². The number of phenolic OH excluding ortho intramolecular Hbond substituents is 1. The first-order valence-corrected chi connectivity index (χ1v) is 26.2. The van der Waals surface area contributed by atoms with E-state index in [1.807, 2.05) is 28.0 Å².